The van der Waals surface area contributed by atoms with E-state index >= 15 is 0 Å². The fourth-order valence-electron chi connectivity index (χ4n) is 4.40. The van der Waals surface area contributed by atoms with Crippen molar-refractivity contribution in [3.63, 3.8) is 0 Å². The highest BCUT2D eigenvalue weighted by atomic mass is 16.5. The van der Waals surface area contributed by atoms with Crippen molar-refractivity contribution in [2.75, 3.05) is 12.4 Å². The van der Waals surface area contributed by atoms with Crippen LogP contribution in [0.15, 0.2) is 91.0 Å². The van der Waals surface area contributed by atoms with E-state index in [0.717, 1.165) is 33.3 Å². The fraction of sp³-hybridized carbons (Fsp3) is 0.138. The first-order valence-electron chi connectivity index (χ1n) is 11.5. The number of benzene rings is 3. The van der Waals surface area contributed by atoms with Crippen LogP contribution < -0.4 is 10.1 Å². The lowest BCUT2D eigenvalue weighted by Gasteiger charge is -2.18. The van der Waals surface area contributed by atoms with Crippen molar-refractivity contribution >= 4 is 22.6 Å². The Labute approximate surface area is 204 Å². The lowest BCUT2D eigenvalue weighted by atomic mass is 9.90. The molecule has 0 bridgehead atoms. The molecule has 0 radical (unpaired) electrons. The minimum absolute atomic E-state index is 0.140. The first kappa shape index (κ1) is 22.3. The van der Waals surface area contributed by atoms with Crippen LogP contribution in [0.25, 0.3) is 16.7 Å². The van der Waals surface area contributed by atoms with Gasteiger partial charge in [-0.15, -0.1) is 0 Å². The van der Waals surface area contributed by atoms with Crippen LogP contribution in [0, 0.1) is 13.8 Å². The van der Waals surface area contributed by atoms with Crippen molar-refractivity contribution in [3.05, 3.63) is 113 Å². The normalized spacial score (nSPS) is 11.1. The Morgan fingerprint density at radius 1 is 0.886 bits per heavy atom. The van der Waals surface area contributed by atoms with Crippen LogP contribution in [0.3, 0.4) is 0 Å². The number of carbonyl (C=O) groups excluding carboxylic acids is 1. The van der Waals surface area contributed by atoms with Gasteiger partial charge in [-0.2, -0.15) is 9.78 Å². The van der Waals surface area contributed by atoms with E-state index in [1.54, 1.807) is 11.8 Å². The van der Waals surface area contributed by atoms with Crippen LogP contribution in [-0.2, 0) is 4.79 Å². The van der Waals surface area contributed by atoms with Crippen molar-refractivity contribution < 1.29 is 9.53 Å². The molecule has 2 aromatic heterocycles. The molecule has 0 saturated heterocycles. The summed E-state index contributed by atoms with van der Waals surface area (Å²) in [6, 6.07) is 29.3. The second-order valence-electron chi connectivity index (χ2n) is 8.48. The molecule has 0 unspecified atom stereocenters. The average Bonchev–Trinajstić information content (AvgIpc) is 3.25. The minimum atomic E-state index is -0.465. The Balaban J connectivity index is 1.56. The summed E-state index contributed by atoms with van der Waals surface area (Å²) in [4.78, 5) is 18.5. The Kier molecular flexibility index (Phi) is 6.02. The first-order chi connectivity index (χ1) is 17.0. The van der Waals surface area contributed by atoms with Crippen LogP contribution in [-0.4, -0.2) is 27.8 Å². The van der Waals surface area contributed by atoms with Gasteiger partial charge < -0.3 is 10.1 Å². The van der Waals surface area contributed by atoms with Crippen LogP contribution in [0.5, 0.6) is 5.75 Å². The van der Waals surface area contributed by atoms with Gasteiger partial charge in [-0.05, 0) is 42.7 Å². The Morgan fingerprint density at radius 2 is 1.54 bits per heavy atom. The molecule has 5 rings (SSSR count). The van der Waals surface area contributed by atoms with Gasteiger partial charge in [0, 0.05) is 11.5 Å². The highest BCUT2D eigenvalue weighted by Crippen LogP contribution is 2.30. The second kappa shape index (κ2) is 9.43. The minimum Gasteiger partial charge on any atom is -0.494 e. The highest BCUT2D eigenvalue weighted by Gasteiger charge is 2.24. The number of para-hydroxylation sites is 1. The summed E-state index contributed by atoms with van der Waals surface area (Å²) in [7, 11) is 1.63. The third kappa shape index (κ3) is 4.38. The van der Waals surface area contributed by atoms with Gasteiger partial charge in [0.1, 0.15) is 17.1 Å². The topological polar surface area (TPSA) is 69.0 Å². The van der Waals surface area contributed by atoms with Crippen molar-refractivity contribution in [2.45, 2.75) is 19.8 Å². The van der Waals surface area contributed by atoms with E-state index in [0.29, 0.717) is 17.4 Å². The number of hydrogen-bond acceptors (Lipinski definition) is 4. The second-order valence-corrected chi connectivity index (χ2v) is 8.48. The molecule has 0 aliphatic heterocycles. The molecule has 6 nitrogen and oxygen atoms in total. The zero-order chi connectivity index (χ0) is 24.4. The number of nitrogens with one attached hydrogen (secondary N) is 1. The third-order valence-corrected chi connectivity index (χ3v) is 6.04. The van der Waals surface area contributed by atoms with E-state index in [9.17, 15) is 4.79 Å². The molecule has 3 aromatic carbocycles. The summed E-state index contributed by atoms with van der Waals surface area (Å²) in [6.45, 7) is 3.93. The lowest BCUT2D eigenvalue weighted by molar-refractivity contribution is -0.116. The number of aromatic nitrogens is 3. The summed E-state index contributed by atoms with van der Waals surface area (Å²) in [5.74, 6) is 1.26. The standard InChI is InChI=1S/C29H26N4O2/c1-19-17-25(30-28-23(19)15-10-16-24(28)35-3)33-26(18-20(2)32-33)31-29(34)27(21-11-6-4-7-12-21)22-13-8-5-9-14-22/h4-18,27H,1-3H3,(H,31,34). The molecular formula is C29H26N4O2. The van der Waals surface area contributed by atoms with Gasteiger partial charge in [0.05, 0.1) is 18.7 Å². The Morgan fingerprint density at radius 3 is 2.17 bits per heavy atom. The summed E-state index contributed by atoms with van der Waals surface area (Å²) in [6.07, 6.45) is 0. The zero-order valence-corrected chi connectivity index (χ0v) is 19.9. The van der Waals surface area contributed by atoms with E-state index in [1.165, 1.54) is 0 Å². The van der Waals surface area contributed by atoms with E-state index in [2.05, 4.69) is 10.4 Å². The maximum Gasteiger partial charge on any atom is 0.237 e. The third-order valence-electron chi connectivity index (χ3n) is 6.04. The molecule has 2 heterocycles. The number of amides is 1. The van der Waals surface area contributed by atoms with Crippen LogP contribution in [0.4, 0.5) is 5.82 Å². The Bertz CT molecular complexity index is 1450. The van der Waals surface area contributed by atoms with Crippen LogP contribution in [0.2, 0.25) is 0 Å². The molecule has 0 atom stereocenters. The number of nitrogens with zero attached hydrogens (tertiary/aromatic N) is 3. The number of rotatable bonds is 6. The van der Waals surface area contributed by atoms with Crippen molar-refractivity contribution in [1.82, 2.24) is 14.8 Å². The summed E-state index contributed by atoms with van der Waals surface area (Å²) < 4.78 is 7.22. The lowest BCUT2D eigenvalue weighted by Crippen LogP contribution is -2.23. The van der Waals surface area contributed by atoms with Gasteiger partial charge in [-0.25, -0.2) is 4.98 Å². The summed E-state index contributed by atoms with van der Waals surface area (Å²) in [5, 5.41) is 8.76. The molecule has 174 valence electrons. The van der Waals surface area contributed by atoms with E-state index in [1.807, 2.05) is 105 Å². The van der Waals surface area contributed by atoms with E-state index < -0.39 is 5.92 Å². The quantitative estimate of drug-likeness (QED) is 0.345. The summed E-state index contributed by atoms with van der Waals surface area (Å²) in [5.41, 5.74) is 4.41. The van der Waals surface area contributed by atoms with Gasteiger partial charge >= 0.3 is 0 Å². The fourth-order valence-corrected chi connectivity index (χ4v) is 4.40. The molecule has 5 aromatic rings. The predicted octanol–water partition coefficient (Wildman–Crippen LogP) is 5.82. The van der Waals surface area contributed by atoms with Gasteiger partial charge in [-0.3, -0.25) is 4.79 Å². The van der Waals surface area contributed by atoms with Gasteiger partial charge in [0.2, 0.25) is 5.91 Å². The number of anilines is 1. The number of aryl methyl sites for hydroxylation is 2. The molecule has 0 aliphatic rings. The number of pyridine rings is 1. The molecule has 35 heavy (non-hydrogen) atoms. The van der Waals surface area contributed by atoms with Gasteiger partial charge in [-0.1, -0.05) is 72.8 Å². The monoisotopic (exact) mass is 462 g/mol. The zero-order valence-electron chi connectivity index (χ0n) is 19.9. The smallest absolute Gasteiger partial charge is 0.237 e. The SMILES string of the molecule is COc1cccc2c(C)cc(-n3nc(C)cc3NC(=O)C(c3ccccc3)c3ccccc3)nc12. The number of ether oxygens (including phenoxy) is 1. The maximum absolute atomic E-state index is 13.7. The Hall–Kier alpha value is -4.45. The maximum atomic E-state index is 13.7. The van der Waals surface area contributed by atoms with Crippen LogP contribution in [0.1, 0.15) is 28.3 Å². The van der Waals surface area contributed by atoms with Gasteiger partial charge in [0.15, 0.2) is 5.82 Å². The molecule has 0 aliphatic carbocycles. The highest BCUT2D eigenvalue weighted by molar-refractivity contribution is 5.98. The first-order valence-corrected chi connectivity index (χ1v) is 11.5. The molecule has 0 saturated carbocycles. The largest absolute Gasteiger partial charge is 0.494 e. The van der Waals surface area contributed by atoms with Gasteiger partial charge in [0.25, 0.3) is 0 Å². The van der Waals surface area contributed by atoms with Crippen molar-refractivity contribution in [3.8, 4) is 11.6 Å². The predicted molar refractivity (Wildman–Crippen MR) is 138 cm³/mol. The van der Waals surface area contributed by atoms with Crippen molar-refractivity contribution in [2.24, 2.45) is 0 Å². The number of fused-ring (bicyclic) bond motifs is 1. The van der Waals surface area contributed by atoms with Crippen molar-refractivity contribution in [1.29, 1.82) is 0 Å². The molecular weight excluding hydrogens is 436 g/mol. The number of hydrogen-bond donors (Lipinski definition) is 1. The molecule has 1 N–H and O–H groups in total. The average molecular weight is 463 g/mol. The molecule has 0 spiro atoms. The number of carbonyl (C=O) groups is 1. The molecule has 1 amide bonds. The number of methoxy groups -OCH3 is 1. The summed E-state index contributed by atoms with van der Waals surface area (Å²) >= 11 is 0. The van der Waals surface area contributed by atoms with E-state index in [4.69, 9.17) is 9.72 Å². The van der Waals surface area contributed by atoms with Crippen LogP contribution >= 0.6 is 0 Å². The molecule has 0 fully saturated rings. The molecule has 6 heteroatoms. The van der Waals surface area contributed by atoms with E-state index in [-0.39, 0.29) is 5.91 Å².